The molecule has 0 spiro atoms. The summed E-state index contributed by atoms with van der Waals surface area (Å²) in [7, 11) is 0. The fourth-order valence-electron chi connectivity index (χ4n) is 2.00. The number of carbonyl (C=O) groups is 1. The van der Waals surface area contributed by atoms with Gasteiger partial charge < -0.3 is 19.0 Å². The molecule has 1 aromatic heterocycles. The number of ether oxygens (including phenoxy) is 2. The van der Waals surface area contributed by atoms with Crippen LogP contribution in [0.15, 0.2) is 10.5 Å². The van der Waals surface area contributed by atoms with E-state index in [0.29, 0.717) is 44.3 Å². The van der Waals surface area contributed by atoms with E-state index in [0.717, 1.165) is 13.1 Å². The van der Waals surface area contributed by atoms with Crippen LogP contribution in [0.4, 0.5) is 0 Å². The van der Waals surface area contributed by atoms with Gasteiger partial charge in [-0.3, -0.25) is 4.90 Å². The Morgan fingerprint density at radius 2 is 1.81 bits per heavy atom. The van der Waals surface area contributed by atoms with Crippen LogP contribution >= 0.6 is 0 Å². The van der Waals surface area contributed by atoms with E-state index in [4.69, 9.17) is 19.0 Å². The highest BCUT2D eigenvalue weighted by Crippen LogP contribution is 2.16. The van der Waals surface area contributed by atoms with Gasteiger partial charge >= 0.3 is 5.97 Å². The van der Waals surface area contributed by atoms with E-state index in [1.54, 1.807) is 13.0 Å². The van der Waals surface area contributed by atoms with Gasteiger partial charge in [0.1, 0.15) is 5.76 Å². The summed E-state index contributed by atoms with van der Waals surface area (Å²) >= 11 is 0. The second kappa shape index (κ2) is 9.55. The molecule has 6 heteroatoms. The zero-order chi connectivity index (χ0) is 15.7. The van der Waals surface area contributed by atoms with Gasteiger partial charge in [-0.1, -0.05) is 0 Å². The van der Waals surface area contributed by atoms with Gasteiger partial charge in [-0.15, -0.1) is 0 Å². The molecule has 0 unspecified atom stereocenters. The predicted molar refractivity (Wildman–Crippen MR) is 78.7 cm³/mol. The van der Waals surface area contributed by atoms with Crippen molar-refractivity contribution in [1.82, 2.24) is 4.90 Å². The van der Waals surface area contributed by atoms with E-state index < -0.39 is 5.97 Å². The number of carboxylic acid groups (broad SMARTS) is 1. The number of nitrogens with zero attached hydrogens (tertiary/aromatic N) is 1. The van der Waals surface area contributed by atoms with Crippen LogP contribution in [0.25, 0.3) is 0 Å². The Kier molecular flexibility index (Phi) is 8.04. The summed E-state index contributed by atoms with van der Waals surface area (Å²) in [5.74, 6) is -0.369. The SMILES string of the molecule is CCOCCN(CCOCC)Cc1cc(C)c(C(=O)O)o1. The van der Waals surface area contributed by atoms with Gasteiger partial charge in [0.05, 0.1) is 19.8 Å². The zero-order valence-electron chi connectivity index (χ0n) is 13.1. The van der Waals surface area contributed by atoms with E-state index in [-0.39, 0.29) is 5.76 Å². The first-order valence-electron chi connectivity index (χ1n) is 7.28. The molecule has 120 valence electrons. The van der Waals surface area contributed by atoms with Gasteiger partial charge in [0.25, 0.3) is 0 Å². The number of hydrogen-bond acceptors (Lipinski definition) is 5. The summed E-state index contributed by atoms with van der Waals surface area (Å²) < 4.78 is 16.1. The first kappa shape index (κ1) is 17.7. The lowest BCUT2D eigenvalue weighted by Gasteiger charge is -2.20. The Morgan fingerprint density at radius 3 is 2.24 bits per heavy atom. The molecule has 1 heterocycles. The minimum atomic E-state index is -1.03. The summed E-state index contributed by atoms with van der Waals surface area (Å²) in [5.41, 5.74) is 0.645. The fraction of sp³-hybridized carbons (Fsp3) is 0.667. The maximum Gasteiger partial charge on any atom is 0.372 e. The normalized spacial score (nSPS) is 11.2. The quantitative estimate of drug-likeness (QED) is 0.631. The molecular formula is C15H25NO5. The maximum atomic E-state index is 11.0. The topological polar surface area (TPSA) is 72.1 Å². The highest BCUT2D eigenvalue weighted by Gasteiger charge is 2.16. The van der Waals surface area contributed by atoms with Crippen molar-refractivity contribution in [2.75, 3.05) is 39.5 Å². The zero-order valence-corrected chi connectivity index (χ0v) is 13.1. The maximum absolute atomic E-state index is 11.0. The summed E-state index contributed by atoms with van der Waals surface area (Å²) in [4.78, 5) is 13.1. The molecule has 0 saturated carbocycles. The first-order chi connectivity index (χ1) is 10.1. The summed E-state index contributed by atoms with van der Waals surface area (Å²) in [6.45, 7) is 10.3. The van der Waals surface area contributed by atoms with E-state index in [1.807, 2.05) is 13.8 Å². The molecule has 0 saturated heterocycles. The number of hydrogen-bond donors (Lipinski definition) is 1. The van der Waals surface area contributed by atoms with Crippen molar-refractivity contribution in [3.05, 3.63) is 23.2 Å². The van der Waals surface area contributed by atoms with Gasteiger partial charge in [-0.05, 0) is 26.8 Å². The molecule has 1 rings (SSSR count). The van der Waals surface area contributed by atoms with Crippen LogP contribution in [-0.2, 0) is 16.0 Å². The molecule has 21 heavy (non-hydrogen) atoms. The smallest absolute Gasteiger partial charge is 0.372 e. The Bertz CT molecular complexity index is 420. The molecule has 6 nitrogen and oxygen atoms in total. The molecule has 0 radical (unpaired) electrons. The highest BCUT2D eigenvalue weighted by molar-refractivity contribution is 5.86. The van der Waals surface area contributed by atoms with E-state index in [2.05, 4.69) is 4.90 Å². The minimum Gasteiger partial charge on any atom is -0.475 e. The molecule has 1 N–H and O–H groups in total. The summed E-state index contributed by atoms with van der Waals surface area (Å²) in [6.07, 6.45) is 0. The van der Waals surface area contributed by atoms with E-state index in [9.17, 15) is 4.79 Å². The monoisotopic (exact) mass is 299 g/mol. The molecule has 0 atom stereocenters. The molecule has 0 aliphatic rings. The lowest BCUT2D eigenvalue weighted by Crippen LogP contribution is -2.30. The third kappa shape index (κ3) is 6.29. The Morgan fingerprint density at radius 1 is 1.24 bits per heavy atom. The van der Waals surface area contributed by atoms with Gasteiger partial charge in [-0.2, -0.15) is 0 Å². The van der Waals surface area contributed by atoms with Crippen molar-refractivity contribution < 1.29 is 23.8 Å². The molecular weight excluding hydrogens is 274 g/mol. The van der Waals surface area contributed by atoms with Crippen LogP contribution in [0.1, 0.15) is 35.7 Å². The van der Waals surface area contributed by atoms with Crippen LogP contribution in [0.5, 0.6) is 0 Å². The molecule has 0 aliphatic heterocycles. The van der Waals surface area contributed by atoms with Crippen LogP contribution in [-0.4, -0.2) is 55.5 Å². The number of carboxylic acids is 1. The second-order valence-electron chi connectivity index (χ2n) is 4.70. The third-order valence-electron chi connectivity index (χ3n) is 3.05. The van der Waals surface area contributed by atoms with E-state index >= 15 is 0 Å². The standard InChI is InChI=1S/C15H25NO5/c1-4-19-8-6-16(7-9-20-5-2)11-13-10-12(3)14(21-13)15(17)18/h10H,4-9,11H2,1-3H3,(H,17,18). The lowest BCUT2D eigenvalue weighted by atomic mass is 10.2. The highest BCUT2D eigenvalue weighted by atomic mass is 16.5. The molecule has 1 aromatic rings. The lowest BCUT2D eigenvalue weighted by molar-refractivity contribution is 0.0644. The van der Waals surface area contributed by atoms with Gasteiger partial charge in [-0.25, -0.2) is 4.79 Å². The first-order valence-corrected chi connectivity index (χ1v) is 7.28. The largest absolute Gasteiger partial charge is 0.475 e. The van der Waals surface area contributed by atoms with Crippen molar-refractivity contribution in [1.29, 1.82) is 0 Å². The van der Waals surface area contributed by atoms with Crippen LogP contribution in [0, 0.1) is 6.92 Å². The predicted octanol–water partition coefficient (Wildman–Crippen LogP) is 2.16. The van der Waals surface area contributed by atoms with Crippen LogP contribution < -0.4 is 0 Å². The molecule has 0 aromatic carbocycles. The second-order valence-corrected chi connectivity index (χ2v) is 4.70. The Balaban J connectivity index is 2.60. The third-order valence-corrected chi connectivity index (χ3v) is 3.05. The van der Waals surface area contributed by atoms with Crippen LogP contribution in [0.3, 0.4) is 0 Å². The Hall–Kier alpha value is -1.37. The number of furan rings is 1. The van der Waals surface area contributed by atoms with Crippen molar-refractivity contribution >= 4 is 5.97 Å². The number of rotatable bonds is 11. The summed E-state index contributed by atoms with van der Waals surface area (Å²) in [6, 6.07) is 1.78. The molecule has 0 amide bonds. The van der Waals surface area contributed by atoms with E-state index in [1.165, 1.54) is 0 Å². The average Bonchev–Trinajstić information content (AvgIpc) is 2.80. The number of aromatic carboxylic acids is 1. The van der Waals surface area contributed by atoms with Gasteiger partial charge in [0, 0.05) is 31.9 Å². The van der Waals surface area contributed by atoms with Crippen LogP contribution in [0.2, 0.25) is 0 Å². The Labute approximate surface area is 125 Å². The van der Waals surface area contributed by atoms with Gasteiger partial charge in [0.15, 0.2) is 0 Å². The molecule has 0 fully saturated rings. The average molecular weight is 299 g/mol. The van der Waals surface area contributed by atoms with Crippen molar-refractivity contribution in [2.45, 2.75) is 27.3 Å². The van der Waals surface area contributed by atoms with Gasteiger partial charge in [0.2, 0.25) is 5.76 Å². The summed E-state index contributed by atoms with van der Waals surface area (Å²) in [5, 5.41) is 9.01. The minimum absolute atomic E-state index is 0.0135. The van der Waals surface area contributed by atoms with Crippen molar-refractivity contribution in [3.63, 3.8) is 0 Å². The van der Waals surface area contributed by atoms with Crippen molar-refractivity contribution in [2.24, 2.45) is 0 Å². The molecule has 0 bridgehead atoms. The van der Waals surface area contributed by atoms with Crippen molar-refractivity contribution in [3.8, 4) is 0 Å². The fourth-order valence-corrected chi connectivity index (χ4v) is 2.00. The molecule has 0 aliphatic carbocycles. The number of aryl methyl sites for hydroxylation is 1.